The molecule has 0 radical (unpaired) electrons. The van der Waals surface area contributed by atoms with E-state index in [-0.39, 0.29) is 5.56 Å². The molecule has 1 N–H and O–H groups in total. The fourth-order valence-corrected chi connectivity index (χ4v) is 3.96. The summed E-state index contributed by atoms with van der Waals surface area (Å²) >= 11 is 0. The van der Waals surface area contributed by atoms with Crippen LogP contribution in [0.1, 0.15) is 22.8 Å². The van der Waals surface area contributed by atoms with Crippen molar-refractivity contribution in [2.45, 2.75) is 29.6 Å². The minimum Gasteiger partial charge on any atom is -0.431 e. The van der Waals surface area contributed by atoms with Crippen LogP contribution in [-0.4, -0.2) is 50.1 Å². The van der Waals surface area contributed by atoms with Crippen molar-refractivity contribution in [3.05, 3.63) is 54.1 Å². The molecule has 0 aromatic heterocycles. The van der Waals surface area contributed by atoms with E-state index < -0.39 is 48.9 Å². The first-order chi connectivity index (χ1) is 15.3. The largest absolute Gasteiger partial charge is 0.439 e. The lowest BCUT2D eigenvalue weighted by molar-refractivity contribution is -0.249. The second kappa shape index (κ2) is 8.83. The zero-order valence-corrected chi connectivity index (χ0v) is 18.3. The number of rotatable bonds is 9. The number of halogens is 6. The molecule has 16 heteroatoms. The number of esters is 1. The highest BCUT2D eigenvalue weighted by Crippen LogP contribution is 2.51. The molecular weight excluding hydrogens is 522 g/mol. The van der Waals surface area contributed by atoms with E-state index in [1.807, 2.05) is 0 Å². The average molecular weight is 536 g/mol. The van der Waals surface area contributed by atoms with Gasteiger partial charge in [0.15, 0.2) is 0 Å². The fourth-order valence-electron chi connectivity index (χ4n) is 2.48. The van der Waals surface area contributed by atoms with E-state index in [1.165, 1.54) is 18.2 Å². The van der Waals surface area contributed by atoms with Gasteiger partial charge in [0.1, 0.15) is 0 Å². The zero-order valence-electron chi connectivity index (χ0n) is 16.7. The summed E-state index contributed by atoms with van der Waals surface area (Å²) in [6.45, 7) is 4.07. The van der Waals surface area contributed by atoms with Gasteiger partial charge in [-0.3, -0.25) is 4.55 Å². The number of hydrogen-bond donors (Lipinski definition) is 1. The van der Waals surface area contributed by atoms with Crippen LogP contribution in [0.15, 0.2) is 43.0 Å². The summed E-state index contributed by atoms with van der Waals surface area (Å²) in [6, 6.07) is 8.78. The second-order valence-electron chi connectivity index (χ2n) is 6.63. The van der Waals surface area contributed by atoms with E-state index in [0.29, 0.717) is 17.7 Å². The van der Waals surface area contributed by atoms with E-state index in [2.05, 4.69) is 15.5 Å². The van der Waals surface area contributed by atoms with Gasteiger partial charge in [-0.2, -0.15) is 43.2 Å². The Morgan fingerprint density at radius 2 is 1.50 bits per heavy atom. The van der Waals surface area contributed by atoms with E-state index >= 15 is 0 Å². The normalized spacial score (nSPS) is 14.6. The molecule has 188 valence electrons. The van der Waals surface area contributed by atoms with Crippen LogP contribution >= 0.6 is 0 Å². The smallest absolute Gasteiger partial charge is 0.431 e. The Morgan fingerprint density at radius 1 is 0.971 bits per heavy atom. The topological polar surface area (TPSA) is 124 Å². The highest BCUT2D eigenvalue weighted by Gasteiger charge is 2.82. The van der Waals surface area contributed by atoms with Crippen molar-refractivity contribution in [1.82, 2.24) is 0 Å². The van der Waals surface area contributed by atoms with Gasteiger partial charge in [-0.05, 0) is 41.5 Å². The molecule has 0 heterocycles. The highest BCUT2D eigenvalue weighted by atomic mass is 32.2. The van der Waals surface area contributed by atoms with Gasteiger partial charge >= 0.3 is 42.6 Å². The lowest BCUT2D eigenvalue weighted by Gasteiger charge is -2.30. The lowest BCUT2D eigenvalue weighted by Crippen LogP contribution is -2.61. The molecule has 1 unspecified atom stereocenters. The first-order valence-electron chi connectivity index (χ1n) is 8.69. The monoisotopic (exact) mass is 536 g/mol. The van der Waals surface area contributed by atoms with Crippen molar-refractivity contribution >= 4 is 43.1 Å². The van der Waals surface area contributed by atoms with Crippen molar-refractivity contribution < 1.29 is 61.4 Å². The van der Waals surface area contributed by atoms with Gasteiger partial charge in [0.2, 0.25) is 6.29 Å². The number of benzene rings is 2. The number of carbonyl (C=O) groups excluding carboxylic acids is 1. The van der Waals surface area contributed by atoms with Crippen LogP contribution in [0.5, 0.6) is 0 Å². The molecule has 2 aromatic carbocycles. The van der Waals surface area contributed by atoms with Crippen molar-refractivity contribution in [3.63, 3.8) is 0 Å². The maximum atomic E-state index is 13.8. The minimum atomic E-state index is -7.18. The Bertz CT molecular complexity index is 1340. The van der Waals surface area contributed by atoms with Gasteiger partial charge in [0, 0.05) is 0 Å². The number of ether oxygens (including phenoxy) is 1. The molecule has 0 spiro atoms. The average Bonchev–Trinajstić information content (AvgIpc) is 2.71. The molecule has 0 saturated heterocycles. The molecule has 2 rings (SSSR count). The van der Waals surface area contributed by atoms with Crippen LogP contribution in [0.25, 0.3) is 16.8 Å². The van der Waals surface area contributed by atoms with Gasteiger partial charge in [0.05, 0.1) is 5.56 Å². The second-order valence-corrected chi connectivity index (χ2v) is 9.71. The molecule has 0 saturated carbocycles. The fraction of sp³-hybridized carbons (Fsp3) is 0.278. The Balaban J connectivity index is 2.25. The molecule has 34 heavy (non-hydrogen) atoms. The summed E-state index contributed by atoms with van der Waals surface area (Å²) in [5, 5.41) is -12.7. The molecule has 2 aromatic rings. The molecule has 8 nitrogen and oxygen atoms in total. The molecule has 0 amide bonds. The van der Waals surface area contributed by atoms with E-state index in [1.54, 1.807) is 24.3 Å². The third-order valence-corrected chi connectivity index (χ3v) is 6.55. The summed E-state index contributed by atoms with van der Waals surface area (Å²) in [5.41, 5.74) is 0.494. The van der Waals surface area contributed by atoms with Crippen LogP contribution in [-0.2, 0) is 29.2 Å². The number of hydrogen-bond acceptors (Lipinski definition) is 7. The van der Waals surface area contributed by atoms with Crippen LogP contribution < -0.4 is 0 Å². The maximum Gasteiger partial charge on any atom is 0.439 e. The highest BCUT2D eigenvalue weighted by molar-refractivity contribution is 7.88. The third kappa shape index (κ3) is 4.75. The van der Waals surface area contributed by atoms with Crippen LogP contribution in [0, 0.1) is 0 Å². The predicted molar refractivity (Wildman–Crippen MR) is 105 cm³/mol. The third-order valence-electron chi connectivity index (χ3n) is 4.24. The standard InChI is InChI=1S/C18H14F6O8S2/c1-3-11-4-5-13-9-14(7-6-12(13)8-11)15(25)31-10(2)32-34(29,30)18(23,24)16(19,20)17(21,22)33(26,27)28/h3-10H,1H2,2H3,(H,26,27,28). The summed E-state index contributed by atoms with van der Waals surface area (Å²) in [6.07, 6.45) is -0.996. The summed E-state index contributed by atoms with van der Waals surface area (Å²) < 4.78 is 141. The minimum absolute atomic E-state index is 0.248. The van der Waals surface area contributed by atoms with E-state index in [4.69, 9.17) is 4.55 Å². The summed E-state index contributed by atoms with van der Waals surface area (Å²) in [5.74, 6) is -8.55. The Labute approximate surface area is 188 Å². The van der Waals surface area contributed by atoms with Gasteiger partial charge in [-0.25, -0.2) is 8.98 Å². The molecular formula is C18H14F6O8S2. The number of carbonyl (C=O) groups is 1. The number of alkyl halides is 6. The van der Waals surface area contributed by atoms with Crippen molar-refractivity contribution in [2.24, 2.45) is 0 Å². The molecule has 0 aliphatic heterocycles. The van der Waals surface area contributed by atoms with Crippen molar-refractivity contribution in [2.75, 3.05) is 0 Å². The zero-order chi connectivity index (χ0) is 26.3. The quantitative estimate of drug-likeness (QED) is 0.167. The Hall–Kier alpha value is -2.69. The maximum absolute atomic E-state index is 13.8. The molecule has 0 fully saturated rings. The number of fused-ring (bicyclic) bond motifs is 1. The molecule has 0 aliphatic rings. The van der Waals surface area contributed by atoms with Crippen molar-refractivity contribution in [3.8, 4) is 0 Å². The SMILES string of the molecule is C=Cc1ccc2cc(C(=O)OC(C)OS(=O)(=O)C(F)(F)C(F)(F)C(F)(F)S(=O)(=O)O)ccc2c1. The van der Waals surface area contributed by atoms with Crippen molar-refractivity contribution in [1.29, 1.82) is 0 Å². The lowest BCUT2D eigenvalue weighted by atomic mass is 10.0. The van der Waals surface area contributed by atoms with Gasteiger partial charge < -0.3 is 4.74 Å². The van der Waals surface area contributed by atoms with Gasteiger partial charge in [0.25, 0.3) is 0 Å². The molecule has 0 bridgehead atoms. The van der Waals surface area contributed by atoms with Crippen LogP contribution in [0.4, 0.5) is 26.3 Å². The molecule has 1 atom stereocenters. The first kappa shape index (κ1) is 27.6. The van der Waals surface area contributed by atoms with E-state index in [0.717, 1.165) is 5.56 Å². The van der Waals surface area contributed by atoms with Gasteiger partial charge in [-0.15, -0.1) is 0 Å². The summed E-state index contributed by atoms with van der Waals surface area (Å²) in [7, 11) is -14.2. The molecule has 0 aliphatic carbocycles. The van der Waals surface area contributed by atoms with Crippen LogP contribution in [0.3, 0.4) is 0 Å². The first-order valence-corrected chi connectivity index (χ1v) is 11.5. The van der Waals surface area contributed by atoms with Gasteiger partial charge in [-0.1, -0.05) is 30.9 Å². The summed E-state index contributed by atoms with van der Waals surface area (Å²) in [4.78, 5) is 12.2. The predicted octanol–water partition coefficient (Wildman–Crippen LogP) is 4.04. The Morgan fingerprint density at radius 3 is 2.03 bits per heavy atom. The van der Waals surface area contributed by atoms with E-state index in [9.17, 15) is 48.0 Å². The Kier molecular flexibility index (Phi) is 7.15. The van der Waals surface area contributed by atoms with Crippen LogP contribution in [0.2, 0.25) is 0 Å².